The molecule has 0 bridgehead atoms. The van der Waals surface area contributed by atoms with Gasteiger partial charge < -0.3 is 30.1 Å². The quantitative estimate of drug-likeness (QED) is 0.630. The number of nitrogens with zero attached hydrogens (tertiary/aromatic N) is 6. The van der Waals surface area contributed by atoms with E-state index in [2.05, 4.69) is 19.9 Å². The first-order valence-electron chi connectivity index (χ1n) is 11.5. The maximum absolute atomic E-state index is 12.6. The molecule has 2 aliphatic rings. The van der Waals surface area contributed by atoms with Gasteiger partial charge in [0, 0.05) is 63.0 Å². The summed E-state index contributed by atoms with van der Waals surface area (Å²) in [6.45, 7) is 8.15. The summed E-state index contributed by atoms with van der Waals surface area (Å²) in [7, 11) is 1.73. The predicted octanol–water partition coefficient (Wildman–Crippen LogP) is 1.13. The molecule has 11 heteroatoms. The van der Waals surface area contributed by atoms with Crippen LogP contribution in [0.15, 0.2) is 18.5 Å². The van der Waals surface area contributed by atoms with Gasteiger partial charge in [0.2, 0.25) is 17.8 Å². The Labute approximate surface area is 199 Å². The number of aromatic nitrogens is 4. The summed E-state index contributed by atoms with van der Waals surface area (Å²) in [6.07, 6.45) is 3.44. The lowest BCUT2D eigenvalue weighted by Gasteiger charge is -2.42. The van der Waals surface area contributed by atoms with Gasteiger partial charge in [-0.05, 0) is 5.41 Å². The number of carbonyl (C=O) groups excluding carboxylic acids is 1. The van der Waals surface area contributed by atoms with Crippen LogP contribution in [-0.4, -0.2) is 87.5 Å². The van der Waals surface area contributed by atoms with Crippen LogP contribution in [0.1, 0.15) is 33.6 Å². The summed E-state index contributed by atoms with van der Waals surface area (Å²) < 4.78 is 11.6. The Morgan fingerprint density at radius 1 is 1.24 bits per heavy atom. The SMILES string of the molecule is CN(C(=O)C(O)C(C)(C)C)[C@H]1C[C@H](Oc2cc(-c3cnc(N)nc3)nc(N3CCOCC3)n2)C1. The fraction of sp³-hybridized carbons (Fsp3) is 0.609. The van der Waals surface area contributed by atoms with E-state index in [0.717, 1.165) is 0 Å². The fourth-order valence-electron chi connectivity index (χ4n) is 3.86. The van der Waals surface area contributed by atoms with Gasteiger partial charge in [-0.25, -0.2) is 15.0 Å². The maximum atomic E-state index is 12.6. The molecule has 1 aliphatic heterocycles. The van der Waals surface area contributed by atoms with Crippen molar-refractivity contribution in [2.24, 2.45) is 5.41 Å². The molecule has 2 fully saturated rings. The summed E-state index contributed by atoms with van der Waals surface area (Å²) >= 11 is 0. The van der Waals surface area contributed by atoms with Gasteiger partial charge in [0.1, 0.15) is 12.2 Å². The molecule has 4 rings (SSSR count). The van der Waals surface area contributed by atoms with Crippen LogP contribution in [-0.2, 0) is 9.53 Å². The zero-order chi connectivity index (χ0) is 24.5. The van der Waals surface area contributed by atoms with Crippen LogP contribution in [0, 0.1) is 5.41 Å². The molecule has 1 amide bonds. The number of aliphatic hydroxyl groups is 1. The first kappa shape index (κ1) is 24.1. The lowest BCUT2D eigenvalue weighted by atomic mass is 9.85. The largest absolute Gasteiger partial charge is 0.474 e. The Bertz CT molecular complexity index is 999. The highest BCUT2D eigenvalue weighted by Crippen LogP contribution is 2.32. The average molecular weight is 472 g/mol. The van der Waals surface area contributed by atoms with Gasteiger partial charge in [-0.2, -0.15) is 4.98 Å². The van der Waals surface area contributed by atoms with E-state index in [1.807, 2.05) is 20.8 Å². The molecule has 0 radical (unpaired) electrons. The van der Waals surface area contributed by atoms with E-state index in [0.29, 0.717) is 62.2 Å². The Hall–Kier alpha value is -3.05. The van der Waals surface area contributed by atoms with Gasteiger partial charge in [0.15, 0.2) is 0 Å². The number of rotatable bonds is 6. The minimum Gasteiger partial charge on any atom is -0.474 e. The van der Waals surface area contributed by atoms with Crippen molar-refractivity contribution in [1.82, 2.24) is 24.8 Å². The van der Waals surface area contributed by atoms with Gasteiger partial charge in [-0.1, -0.05) is 20.8 Å². The third-order valence-electron chi connectivity index (χ3n) is 6.26. The third-order valence-corrected chi connectivity index (χ3v) is 6.26. The number of hydrogen-bond donors (Lipinski definition) is 2. The van der Waals surface area contributed by atoms with Crippen molar-refractivity contribution in [3.8, 4) is 17.1 Å². The lowest BCUT2D eigenvalue weighted by Crippen LogP contribution is -2.54. The van der Waals surface area contributed by atoms with Crippen molar-refractivity contribution < 1.29 is 19.4 Å². The molecule has 11 nitrogen and oxygen atoms in total. The van der Waals surface area contributed by atoms with Gasteiger partial charge in [0.05, 0.1) is 18.9 Å². The van der Waals surface area contributed by atoms with E-state index >= 15 is 0 Å². The summed E-state index contributed by atoms with van der Waals surface area (Å²) in [5, 5.41) is 10.3. The Balaban J connectivity index is 1.47. The average Bonchev–Trinajstić information content (AvgIpc) is 2.80. The van der Waals surface area contributed by atoms with Crippen LogP contribution in [0.5, 0.6) is 5.88 Å². The first-order valence-corrected chi connectivity index (χ1v) is 11.5. The number of aliphatic hydroxyl groups excluding tert-OH is 1. The van der Waals surface area contributed by atoms with Crippen molar-refractivity contribution >= 4 is 17.8 Å². The standard InChI is InChI=1S/C23H33N7O4/c1-23(2,3)19(31)20(32)29(4)15-9-16(10-15)34-18-11-17(14-12-25-21(24)26-13-14)27-22(28-18)30-5-7-33-8-6-30/h11-13,15-16,19,31H,5-10H2,1-4H3,(H2,24,25,26)/t15-,16-,19?. The number of morpholine rings is 1. The molecule has 3 heterocycles. The van der Waals surface area contributed by atoms with E-state index < -0.39 is 11.5 Å². The summed E-state index contributed by atoms with van der Waals surface area (Å²) in [5.41, 5.74) is 6.47. The minimum atomic E-state index is -1.04. The molecule has 2 aromatic heterocycles. The molecule has 1 atom stereocenters. The minimum absolute atomic E-state index is 0.0139. The molecule has 0 aromatic carbocycles. The van der Waals surface area contributed by atoms with Crippen molar-refractivity contribution in [2.45, 2.75) is 51.9 Å². The van der Waals surface area contributed by atoms with Crippen molar-refractivity contribution in [1.29, 1.82) is 0 Å². The van der Waals surface area contributed by atoms with Gasteiger partial charge >= 0.3 is 0 Å². The molecule has 34 heavy (non-hydrogen) atoms. The highest BCUT2D eigenvalue weighted by atomic mass is 16.5. The molecular weight excluding hydrogens is 438 g/mol. The summed E-state index contributed by atoms with van der Waals surface area (Å²) in [5.74, 6) is 0.941. The second kappa shape index (κ2) is 9.67. The summed E-state index contributed by atoms with van der Waals surface area (Å²) in [4.78, 5) is 33.8. The zero-order valence-corrected chi connectivity index (χ0v) is 20.1. The van der Waals surface area contributed by atoms with Crippen molar-refractivity contribution in [3.05, 3.63) is 18.5 Å². The number of carbonyl (C=O) groups is 1. The fourth-order valence-corrected chi connectivity index (χ4v) is 3.86. The van der Waals surface area contributed by atoms with E-state index in [9.17, 15) is 9.90 Å². The number of nitrogens with two attached hydrogens (primary N) is 1. The number of ether oxygens (including phenoxy) is 2. The van der Waals surface area contributed by atoms with Crippen LogP contribution >= 0.6 is 0 Å². The number of nitrogen functional groups attached to an aromatic ring is 1. The second-order valence-corrected chi connectivity index (χ2v) is 9.90. The third kappa shape index (κ3) is 5.36. The maximum Gasteiger partial charge on any atom is 0.251 e. The van der Waals surface area contributed by atoms with Crippen LogP contribution in [0.2, 0.25) is 0 Å². The van der Waals surface area contributed by atoms with Gasteiger partial charge in [-0.15, -0.1) is 0 Å². The molecule has 2 aromatic rings. The predicted molar refractivity (Wildman–Crippen MR) is 126 cm³/mol. The Morgan fingerprint density at radius 3 is 2.50 bits per heavy atom. The van der Waals surface area contributed by atoms with Gasteiger partial charge in [-0.3, -0.25) is 4.79 Å². The Morgan fingerprint density at radius 2 is 1.88 bits per heavy atom. The van der Waals surface area contributed by atoms with Crippen LogP contribution in [0.25, 0.3) is 11.3 Å². The molecule has 184 valence electrons. The van der Waals surface area contributed by atoms with E-state index in [4.69, 9.17) is 20.2 Å². The smallest absolute Gasteiger partial charge is 0.251 e. The monoisotopic (exact) mass is 471 g/mol. The van der Waals surface area contributed by atoms with Crippen molar-refractivity contribution in [3.63, 3.8) is 0 Å². The number of amides is 1. The number of hydrogen-bond acceptors (Lipinski definition) is 10. The van der Waals surface area contributed by atoms with Crippen LogP contribution in [0.4, 0.5) is 11.9 Å². The molecule has 1 aliphatic carbocycles. The normalized spacial score (nSPS) is 21.5. The van der Waals surface area contributed by atoms with E-state index in [-0.39, 0.29) is 24.0 Å². The van der Waals surface area contributed by atoms with Crippen LogP contribution < -0.4 is 15.4 Å². The highest BCUT2D eigenvalue weighted by Gasteiger charge is 2.40. The molecular formula is C23H33N7O4. The van der Waals surface area contributed by atoms with Gasteiger partial charge in [0.25, 0.3) is 5.91 Å². The molecule has 1 saturated heterocycles. The molecule has 1 saturated carbocycles. The molecule has 0 spiro atoms. The lowest BCUT2D eigenvalue weighted by molar-refractivity contribution is -0.150. The van der Waals surface area contributed by atoms with E-state index in [1.54, 1.807) is 30.4 Å². The first-order chi connectivity index (χ1) is 16.1. The summed E-state index contributed by atoms with van der Waals surface area (Å²) in [6, 6.07) is 1.78. The van der Waals surface area contributed by atoms with Crippen LogP contribution in [0.3, 0.4) is 0 Å². The van der Waals surface area contributed by atoms with E-state index in [1.165, 1.54) is 0 Å². The number of likely N-dealkylation sites (N-methyl/N-ethyl adjacent to an activating group) is 1. The highest BCUT2D eigenvalue weighted by molar-refractivity contribution is 5.81. The zero-order valence-electron chi connectivity index (χ0n) is 20.1. The number of anilines is 2. The topological polar surface area (TPSA) is 140 Å². The Kier molecular flexibility index (Phi) is 6.85. The van der Waals surface area contributed by atoms with Crippen molar-refractivity contribution in [2.75, 3.05) is 44.0 Å². The molecule has 3 N–H and O–H groups in total. The second-order valence-electron chi connectivity index (χ2n) is 9.90. The molecule has 1 unspecified atom stereocenters.